The average Bonchev–Trinajstić information content (AvgIpc) is 2.46. The molecule has 4 heteroatoms. The van der Waals surface area contributed by atoms with Crippen LogP contribution in [0.2, 0.25) is 0 Å². The number of rotatable bonds is 3. The van der Waals surface area contributed by atoms with Crippen LogP contribution >= 0.6 is 0 Å². The second-order valence-corrected chi connectivity index (χ2v) is 5.33. The van der Waals surface area contributed by atoms with Crippen molar-refractivity contribution in [1.29, 1.82) is 0 Å². The second kappa shape index (κ2) is 6.55. The van der Waals surface area contributed by atoms with Crippen molar-refractivity contribution in [3.05, 3.63) is 29.8 Å². The van der Waals surface area contributed by atoms with Crippen LogP contribution in [-0.4, -0.2) is 36.3 Å². The van der Waals surface area contributed by atoms with Crippen LogP contribution in [0.5, 0.6) is 0 Å². The summed E-state index contributed by atoms with van der Waals surface area (Å²) in [6, 6.07) is 7.67. The minimum atomic E-state index is -0.0929. The van der Waals surface area contributed by atoms with Crippen LogP contribution in [0.3, 0.4) is 0 Å². The molecule has 2 amide bonds. The summed E-state index contributed by atoms with van der Waals surface area (Å²) in [6.45, 7) is 5.24. The number of para-hydroxylation sites is 1. The molecule has 0 spiro atoms. The van der Waals surface area contributed by atoms with E-state index in [1.54, 1.807) is 4.90 Å². The summed E-state index contributed by atoms with van der Waals surface area (Å²) >= 11 is 0. The number of aryl methyl sites for hydroxylation is 1. The Morgan fingerprint density at radius 3 is 2.40 bits per heavy atom. The molecule has 0 radical (unpaired) electrons. The second-order valence-electron chi connectivity index (χ2n) is 5.33. The first kappa shape index (κ1) is 14.6. The Balaban J connectivity index is 2.12. The molecule has 20 heavy (non-hydrogen) atoms. The third-order valence-corrected chi connectivity index (χ3v) is 3.79. The lowest BCUT2D eigenvalue weighted by molar-refractivity contribution is -0.132. The van der Waals surface area contributed by atoms with Crippen molar-refractivity contribution in [2.45, 2.75) is 33.1 Å². The molecule has 0 unspecified atom stereocenters. The highest BCUT2D eigenvalue weighted by Gasteiger charge is 2.22. The monoisotopic (exact) mass is 274 g/mol. The number of hydrogen-bond donors (Lipinski definition) is 0. The van der Waals surface area contributed by atoms with Crippen molar-refractivity contribution in [2.75, 3.05) is 24.5 Å². The molecule has 0 saturated carbocycles. The number of nitrogens with zero attached hydrogens (tertiary/aromatic N) is 2. The van der Waals surface area contributed by atoms with E-state index in [9.17, 15) is 9.59 Å². The summed E-state index contributed by atoms with van der Waals surface area (Å²) in [7, 11) is 0. The molecule has 1 aliphatic rings. The van der Waals surface area contributed by atoms with Crippen LogP contribution in [0, 0.1) is 6.92 Å². The Morgan fingerprint density at radius 1 is 1.15 bits per heavy atom. The summed E-state index contributed by atoms with van der Waals surface area (Å²) < 4.78 is 0. The van der Waals surface area contributed by atoms with Gasteiger partial charge in [0.1, 0.15) is 6.54 Å². The van der Waals surface area contributed by atoms with Gasteiger partial charge in [0.2, 0.25) is 11.8 Å². The van der Waals surface area contributed by atoms with Crippen LogP contribution in [0.25, 0.3) is 0 Å². The van der Waals surface area contributed by atoms with E-state index in [2.05, 4.69) is 0 Å². The van der Waals surface area contributed by atoms with Crippen LogP contribution in [-0.2, 0) is 9.59 Å². The minimum Gasteiger partial charge on any atom is -0.341 e. The molecule has 1 aromatic carbocycles. The summed E-state index contributed by atoms with van der Waals surface area (Å²) in [6.07, 6.45) is 3.32. The molecule has 2 rings (SSSR count). The molecular formula is C16H22N2O2. The van der Waals surface area contributed by atoms with Crippen molar-refractivity contribution < 1.29 is 9.59 Å². The highest BCUT2D eigenvalue weighted by molar-refractivity contribution is 5.98. The molecule has 1 aliphatic heterocycles. The predicted octanol–water partition coefficient (Wildman–Crippen LogP) is 2.36. The number of piperidine rings is 1. The van der Waals surface area contributed by atoms with Gasteiger partial charge in [-0.3, -0.25) is 9.59 Å². The topological polar surface area (TPSA) is 40.6 Å². The van der Waals surface area contributed by atoms with E-state index in [1.807, 2.05) is 36.1 Å². The number of benzene rings is 1. The first-order valence-electron chi connectivity index (χ1n) is 7.21. The van der Waals surface area contributed by atoms with Crippen molar-refractivity contribution in [3.8, 4) is 0 Å². The van der Waals surface area contributed by atoms with Gasteiger partial charge >= 0.3 is 0 Å². The number of likely N-dealkylation sites (tertiary alicyclic amines) is 1. The Bertz CT molecular complexity index is 493. The van der Waals surface area contributed by atoms with Crippen molar-refractivity contribution in [1.82, 2.24) is 4.90 Å². The number of anilines is 1. The van der Waals surface area contributed by atoms with Crippen molar-refractivity contribution in [3.63, 3.8) is 0 Å². The Labute approximate surface area is 120 Å². The lowest BCUT2D eigenvalue weighted by Gasteiger charge is -2.30. The SMILES string of the molecule is CC(=O)N(CC(=O)N1CCCCC1)c1ccccc1C. The van der Waals surface area contributed by atoms with E-state index in [1.165, 1.54) is 13.3 Å². The van der Waals surface area contributed by atoms with Gasteiger partial charge in [0.25, 0.3) is 0 Å². The molecule has 0 aromatic heterocycles. The number of hydrogen-bond acceptors (Lipinski definition) is 2. The van der Waals surface area contributed by atoms with Crippen LogP contribution in [0.1, 0.15) is 31.7 Å². The summed E-state index contributed by atoms with van der Waals surface area (Å²) in [5, 5.41) is 0. The molecule has 1 saturated heterocycles. The fraction of sp³-hybridized carbons (Fsp3) is 0.500. The van der Waals surface area contributed by atoms with E-state index < -0.39 is 0 Å². The molecule has 1 heterocycles. The molecule has 1 aromatic rings. The third-order valence-electron chi connectivity index (χ3n) is 3.79. The Morgan fingerprint density at radius 2 is 1.80 bits per heavy atom. The number of carbonyl (C=O) groups excluding carboxylic acids is 2. The lowest BCUT2D eigenvalue weighted by atomic mass is 10.1. The molecule has 4 nitrogen and oxygen atoms in total. The third kappa shape index (κ3) is 3.38. The number of carbonyl (C=O) groups is 2. The average molecular weight is 274 g/mol. The molecule has 108 valence electrons. The van der Waals surface area contributed by atoms with Crippen molar-refractivity contribution >= 4 is 17.5 Å². The quantitative estimate of drug-likeness (QED) is 0.849. The molecule has 1 fully saturated rings. The zero-order chi connectivity index (χ0) is 14.5. The van der Waals surface area contributed by atoms with Gasteiger partial charge in [0, 0.05) is 25.7 Å². The standard InChI is InChI=1S/C16H22N2O2/c1-13-8-4-5-9-15(13)18(14(2)19)12-16(20)17-10-6-3-7-11-17/h4-5,8-9H,3,6-7,10-12H2,1-2H3. The normalized spacial score (nSPS) is 15.0. The maximum Gasteiger partial charge on any atom is 0.242 e. The van der Waals surface area contributed by atoms with Gasteiger partial charge in [-0.1, -0.05) is 18.2 Å². The van der Waals surface area contributed by atoms with E-state index in [0.29, 0.717) is 0 Å². The fourth-order valence-corrected chi connectivity index (χ4v) is 2.61. The molecular weight excluding hydrogens is 252 g/mol. The van der Waals surface area contributed by atoms with Gasteiger partial charge in [0.15, 0.2) is 0 Å². The molecule has 0 aliphatic carbocycles. The maximum absolute atomic E-state index is 12.3. The Hall–Kier alpha value is -1.84. The molecule has 0 atom stereocenters. The van der Waals surface area contributed by atoms with E-state index >= 15 is 0 Å². The molecule has 0 bridgehead atoms. The van der Waals surface area contributed by atoms with Crippen LogP contribution in [0.15, 0.2) is 24.3 Å². The van der Waals surface area contributed by atoms with Gasteiger partial charge in [-0.05, 0) is 37.8 Å². The highest BCUT2D eigenvalue weighted by Crippen LogP contribution is 2.20. The van der Waals surface area contributed by atoms with E-state index in [0.717, 1.165) is 37.2 Å². The first-order chi connectivity index (χ1) is 9.59. The minimum absolute atomic E-state index is 0.0446. The summed E-state index contributed by atoms with van der Waals surface area (Å²) in [5.41, 5.74) is 1.83. The van der Waals surface area contributed by atoms with Gasteiger partial charge < -0.3 is 9.80 Å². The zero-order valence-corrected chi connectivity index (χ0v) is 12.3. The van der Waals surface area contributed by atoms with Crippen LogP contribution < -0.4 is 4.90 Å². The summed E-state index contributed by atoms with van der Waals surface area (Å²) in [4.78, 5) is 27.6. The highest BCUT2D eigenvalue weighted by atomic mass is 16.2. The van der Waals surface area contributed by atoms with E-state index in [-0.39, 0.29) is 18.4 Å². The first-order valence-corrected chi connectivity index (χ1v) is 7.21. The molecule has 0 N–H and O–H groups in total. The fourth-order valence-electron chi connectivity index (χ4n) is 2.61. The lowest BCUT2D eigenvalue weighted by Crippen LogP contribution is -2.44. The zero-order valence-electron chi connectivity index (χ0n) is 12.3. The summed E-state index contributed by atoms with van der Waals surface area (Å²) in [5.74, 6) is -0.0483. The van der Waals surface area contributed by atoms with E-state index in [4.69, 9.17) is 0 Å². The van der Waals surface area contributed by atoms with Gasteiger partial charge in [-0.25, -0.2) is 0 Å². The van der Waals surface area contributed by atoms with Gasteiger partial charge in [0.05, 0.1) is 0 Å². The maximum atomic E-state index is 12.3. The number of amides is 2. The van der Waals surface area contributed by atoms with Gasteiger partial charge in [-0.2, -0.15) is 0 Å². The van der Waals surface area contributed by atoms with Gasteiger partial charge in [-0.15, -0.1) is 0 Å². The predicted molar refractivity (Wildman–Crippen MR) is 79.6 cm³/mol. The Kier molecular flexibility index (Phi) is 4.77. The smallest absolute Gasteiger partial charge is 0.242 e. The van der Waals surface area contributed by atoms with Crippen LogP contribution in [0.4, 0.5) is 5.69 Å². The largest absolute Gasteiger partial charge is 0.341 e. The van der Waals surface area contributed by atoms with Crippen molar-refractivity contribution in [2.24, 2.45) is 0 Å².